The Kier molecular flexibility index (Phi) is 21.1. The zero-order chi connectivity index (χ0) is 28.3. The Bertz CT molecular complexity index is 743. The van der Waals surface area contributed by atoms with Crippen LogP contribution < -0.4 is 58.5 Å². The van der Waals surface area contributed by atoms with Crippen molar-refractivity contribution >= 4 is 0 Å². The van der Waals surface area contributed by atoms with Gasteiger partial charge in [-0.25, -0.2) is 37.3 Å². The molecule has 0 spiro atoms. The van der Waals surface area contributed by atoms with Crippen molar-refractivity contribution in [2.24, 2.45) is 0 Å². The summed E-state index contributed by atoms with van der Waals surface area (Å²) in [5.41, 5.74) is 2.69. The van der Waals surface area contributed by atoms with Crippen molar-refractivity contribution in [3.05, 3.63) is 71.8 Å². The summed E-state index contributed by atoms with van der Waals surface area (Å²) in [5.74, 6) is 0. The molecule has 39 heavy (non-hydrogen) atoms. The van der Waals surface area contributed by atoms with Gasteiger partial charge >= 0.3 is 16.5 Å². The van der Waals surface area contributed by atoms with E-state index in [2.05, 4.69) is 91.7 Å². The molecule has 0 bridgehead atoms. The van der Waals surface area contributed by atoms with E-state index in [1.807, 2.05) is 0 Å². The Morgan fingerprint density at radius 2 is 0.718 bits per heavy atom. The van der Waals surface area contributed by atoms with E-state index in [9.17, 15) is 0 Å². The molecule has 4 N–H and O–H groups in total. The van der Waals surface area contributed by atoms with Crippen molar-refractivity contribution in [2.75, 3.05) is 52.9 Å². The molecule has 0 unspecified atom stereocenters. The van der Waals surface area contributed by atoms with E-state index in [0.717, 1.165) is 65.9 Å². The Hall–Kier alpha value is -1.05. The Morgan fingerprint density at radius 3 is 0.949 bits per heavy atom. The second-order valence-corrected chi connectivity index (χ2v) is 9.53. The number of halogens is 2. The Labute approximate surface area is 242 Å². The molecule has 1 saturated heterocycles. The summed E-state index contributed by atoms with van der Waals surface area (Å²) < 4.78 is 67.9. The molecule has 2 aromatic rings. The van der Waals surface area contributed by atoms with Crippen LogP contribution in [-0.4, -0.2) is 62.7 Å². The number of nitrogens with one attached hydrogen (secondary N) is 4. The van der Waals surface area contributed by atoms with Crippen molar-refractivity contribution in [1.82, 2.24) is 31.1 Å². The van der Waals surface area contributed by atoms with Gasteiger partial charge in [-0.2, -0.15) is 0 Å². The van der Waals surface area contributed by atoms with Crippen molar-refractivity contribution in [3.8, 4) is 0 Å². The minimum Gasteiger partial charge on any atom is -0.303 e. The third-order valence-corrected chi connectivity index (χ3v) is 4.80. The van der Waals surface area contributed by atoms with Gasteiger partial charge in [0, 0.05) is 65.9 Å². The van der Waals surface area contributed by atoms with Crippen LogP contribution >= 0.6 is 0 Å². The Morgan fingerprint density at radius 1 is 0.487 bits per heavy atom. The van der Waals surface area contributed by atoms with E-state index < -0.39 is 20.5 Å². The van der Waals surface area contributed by atoms with Crippen molar-refractivity contribution in [2.45, 2.75) is 13.1 Å². The third kappa shape index (κ3) is 26.9. The minimum absolute atomic E-state index is 0. The van der Waals surface area contributed by atoms with Gasteiger partial charge in [-0.3, -0.25) is 9.80 Å². The third-order valence-electron chi connectivity index (χ3n) is 4.80. The zero-order valence-electron chi connectivity index (χ0n) is 21.1. The van der Waals surface area contributed by atoms with Crippen LogP contribution in [0.3, 0.4) is 0 Å². The number of benzene rings is 2. The van der Waals surface area contributed by atoms with Crippen LogP contribution in [0.25, 0.3) is 0 Å². The van der Waals surface area contributed by atoms with Crippen LogP contribution in [-0.2, 0) is 29.6 Å². The van der Waals surface area contributed by atoms with Gasteiger partial charge in [0.25, 0.3) is 0 Å². The summed E-state index contributed by atoms with van der Waals surface area (Å²) in [6, 6.07) is 21.3. The number of hydrogen-bond donors (Lipinski definition) is 4. The fourth-order valence-electron chi connectivity index (χ4n) is 3.32. The van der Waals surface area contributed by atoms with Gasteiger partial charge in [0.2, 0.25) is 0 Å². The van der Waals surface area contributed by atoms with E-state index in [0.29, 0.717) is 0 Å². The van der Waals surface area contributed by atoms with Gasteiger partial charge in [0.05, 0.1) is 0 Å². The predicted octanol–water partition coefficient (Wildman–Crippen LogP) is -8.32. The average Bonchev–Trinajstić information content (AvgIpc) is 2.82. The van der Waals surface area contributed by atoms with Crippen LogP contribution in [0.4, 0.5) is 0 Å². The first-order valence-corrected chi connectivity index (χ1v) is 14.0. The molecule has 0 atom stereocenters. The maximum absolute atomic E-state index is 8.49. The molecule has 0 amide bonds. The molecule has 0 aliphatic carbocycles. The molecular formula is C22H34Cl2N6NiO8. The van der Waals surface area contributed by atoms with Crippen LogP contribution in [0.15, 0.2) is 60.7 Å². The van der Waals surface area contributed by atoms with E-state index in [4.69, 9.17) is 37.3 Å². The summed E-state index contributed by atoms with van der Waals surface area (Å²) in [5, 5.41) is 14.3. The maximum atomic E-state index is 8.49. The molecule has 0 aromatic heterocycles. The van der Waals surface area contributed by atoms with Crippen molar-refractivity contribution < 1.29 is 74.2 Å². The van der Waals surface area contributed by atoms with Gasteiger partial charge in [0.1, 0.15) is 0 Å². The molecule has 17 heteroatoms. The standard InChI is InChI=1S/C22H34N6.2ClHO4.Ni/c1-3-7-21(8-4-1)15-27-17-23-11-13-25-19-28(20-26-14-12-24-18-27)16-22-9-5-2-6-10-22;2*2-1(3,4)5;/h1-10,23-26H,11-20H2;2*(H,2,3,4,5);/q;;;+2/p-2. The molecule has 224 valence electrons. The van der Waals surface area contributed by atoms with Crippen LogP contribution in [0.2, 0.25) is 0 Å². The molecule has 2 aromatic carbocycles. The van der Waals surface area contributed by atoms with Gasteiger partial charge in [-0.1, -0.05) is 60.7 Å². The predicted molar refractivity (Wildman–Crippen MR) is 115 cm³/mol. The summed E-state index contributed by atoms with van der Waals surface area (Å²) in [6.07, 6.45) is 0. The van der Waals surface area contributed by atoms with E-state index in [1.54, 1.807) is 0 Å². The SMILES string of the molecule is [Ni+2].[O-][Cl+3]([O-])([O-])[O-].[O-][Cl+3]([O-])([O-])[O-].c1ccc(CN2CNCCNCN(Cc3ccccc3)CNCCNC2)cc1. The zero-order valence-corrected chi connectivity index (χ0v) is 23.6. The van der Waals surface area contributed by atoms with Crippen LogP contribution in [0.1, 0.15) is 11.1 Å². The molecule has 1 aliphatic heterocycles. The molecule has 1 heterocycles. The van der Waals surface area contributed by atoms with Crippen LogP contribution in [0.5, 0.6) is 0 Å². The van der Waals surface area contributed by atoms with E-state index in [1.165, 1.54) is 11.1 Å². The van der Waals surface area contributed by atoms with Gasteiger partial charge in [-0.15, -0.1) is 20.5 Å². The fourth-order valence-corrected chi connectivity index (χ4v) is 3.32. The number of rotatable bonds is 4. The van der Waals surface area contributed by atoms with Gasteiger partial charge < -0.3 is 21.3 Å². The molecule has 3 rings (SSSR count). The fraction of sp³-hybridized carbons (Fsp3) is 0.455. The maximum Gasteiger partial charge on any atom is 2.00 e. The number of nitrogens with zero attached hydrogens (tertiary/aromatic N) is 2. The molecular weight excluding hydrogens is 606 g/mol. The summed E-state index contributed by atoms with van der Waals surface area (Å²) in [6.45, 7) is 9.25. The monoisotopic (exact) mass is 638 g/mol. The first-order chi connectivity index (χ1) is 17.9. The Balaban J connectivity index is 0.00000113. The topological polar surface area (TPSA) is 239 Å². The quantitative estimate of drug-likeness (QED) is 0.227. The van der Waals surface area contributed by atoms with Gasteiger partial charge in [-0.05, 0) is 11.1 Å². The molecule has 0 radical (unpaired) electrons. The smallest absolute Gasteiger partial charge is 0.303 e. The molecule has 1 aliphatic rings. The van der Waals surface area contributed by atoms with E-state index in [-0.39, 0.29) is 16.5 Å². The number of hydrogen-bond acceptors (Lipinski definition) is 14. The molecule has 0 saturated carbocycles. The summed E-state index contributed by atoms with van der Waals surface area (Å²) in [4.78, 5) is 4.81. The molecule has 14 nitrogen and oxygen atoms in total. The summed E-state index contributed by atoms with van der Waals surface area (Å²) >= 11 is 0. The average molecular weight is 640 g/mol. The first kappa shape index (κ1) is 38.0. The van der Waals surface area contributed by atoms with Crippen molar-refractivity contribution in [3.63, 3.8) is 0 Å². The van der Waals surface area contributed by atoms with Gasteiger partial charge in [0.15, 0.2) is 0 Å². The largest absolute Gasteiger partial charge is 2.00 e. The van der Waals surface area contributed by atoms with Crippen LogP contribution in [0, 0.1) is 20.5 Å². The van der Waals surface area contributed by atoms with E-state index >= 15 is 0 Å². The first-order valence-electron chi connectivity index (χ1n) is 11.5. The second kappa shape index (κ2) is 21.7. The summed E-state index contributed by atoms with van der Waals surface area (Å²) in [7, 11) is -9.89. The van der Waals surface area contributed by atoms with Crippen molar-refractivity contribution in [1.29, 1.82) is 0 Å². The normalized spacial score (nSPS) is 16.8. The minimum atomic E-state index is -4.94. The molecule has 1 fully saturated rings. The second-order valence-electron chi connectivity index (χ2n) is 8.02.